The third-order valence-electron chi connectivity index (χ3n) is 4.45. The molecule has 1 unspecified atom stereocenters. The van der Waals surface area contributed by atoms with E-state index >= 15 is 0 Å². The van der Waals surface area contributed by atoms with Crippen LogP contribution in [0.3, 0.4) is 0 Å². The molecule has 2 rings (SSSR count). The summed E-state index contributed by atoms with van der Waals surface area (Å²) in [4.78, 5) is 29.7. The number of carbonyl (C=O) groups excluding carboxylic acids is 2. The molecule has 0 radical (unpaired) electrons. The highest BCUT2D eigenvalue weighted by Crippen LogP contribution is 2.18. The molecule has 1 aromatic rings. The van der Waals surface area contributed by atoms with Gasteiger partial charge in [0, 0.05) is 58.5 Å². The van der Waals surface area contributed by atoms with E-state index in [1.165, 1.54) is 12.5 Å². The van der Waals surface area contributed by atoms with E-state index in [-0.39, 0.29) is 17.7 Å². The van der Waals surface area contributed by atoms with Gasteiger partial charge in [-0.25, -0.2) is 0 Å². The Bertz CT molecular complexity index is 633. The Kier molecular flexibility index (Phi) is 8.61. The zero-order valence-corrected chi connectivity index (χ0v) is 16.3. The largest absolute Gasteiger partial charge is 0.357 e. The second-order valence-corrected chi connectivity index (χ2v) is 6.77. The topological polar surface area (TPSA) is 85.8 Å². The Balaban J connectivity index is 1.76. The molecular weight excluding hydrogens is 342 g/mol. The summed E-state index contributed by atoms with van der Waals surface area (Å²) in [6.45, 7) is 7.57. The quantitative estimate of drug-likeness (QED) is 0.339. The van der Waals surface area contributed by atoms with Crippen LogP contribution in [-0.2, 0) is 16.0 Å². The van der Waals surface area contributed by atoms with Crippen LogP contribution in [0.5, 0.6) is 0 Å². The second-order valence-electron chi connectivity index (χ2n) is 6.77. The number of benzene rings is 1. The molecule has 7 heteroatoms. The van der Waals surface area contributed by atoms with Gasteiger partial charge in [0.1, 0.15) is 0 Å². The highest BCUT2D eigenvalue weighted by molar-refractivity contribution is 5.80. The highest BCUT2D eigenvalue weighted by Gasteiger charge is 2.28. The summed E-state index contributed by atoms with van der Waals surface area (Å²) >= 11 is 0. The van der Waals surface area contributed by atoms with Crippen molar-refractivity contribution < 1.29 is 9.59 Å². The Hall–Kier alpha value is -2.57. The van der Waals surface area contributed by atoms with E-state index in [9.17, 15) is 9.59 Å². The van der Waals surface area contributed by atoms with Gasteiger partial charge in [0.15, 0.2) is 5.96 Å². The Morgan fingerprint density at radius 1 is 1.19 bits per heavy atom. The fourth-order valence-electron chi connectivity index (χ4n) is 3.08. The molecule has 1 aromatic carbocycles. The van der Waals surface area contributed by atoms with Crippen molar-refractivity contribution in [2.24, 2.45) is 10.9 Å². The monoisotopic (exact) mass is 373 g/mol. The first kappa shape index (κ1) is 20.7. The molecule has 0 aliphatic carbocycles. The van der Waals surface area contributed by atoms with Gasteiger partial charge in [0.05, 0.1) is 0 Å². The van der Waals surface area contributed by atoms with Gasteiger partial charge in [0.25, 0.3) is 0 Å². The predicted molar refractivity (Wildman–Crippen MR) is 107 cm³/mol. The molecule has 1 atom stereocenters. The minimum absolute atomic E-state index is 0.0428. The molecule has 2 amide bonds. The number of amides is 2. The summed E-state index contributed by atoms with van der Waals surface area (Å²) in [5, 5.41) is 9.13. The van der Waals surface area contributed by atoms with E-state index < -0.39 is 0 Å². The van der Waals surface area contributed by atoms with Crippen LogP contribution in [0.4, 0.5) is 0 Å². The number of guanidine groups is 1. The molecule has 1 fully saturated rings. The van der Waals surface area contributed by atoms with Crippen LogP contribution in [0, 0.1) is 5.92 Å². The summed E-state index contributed by atoms with van der Waals surface area (Å²) in [5.41, 5.74) is 1.25. The van der Waals surface area contributed by atoms with E-state index in [4.69, 9.17) is 0 Å². The van der Waals surface area contributed by atoms with Crippen LogP contribution in [0.25, 0.3) is 0 Å². The first-order valence-electron chi connectivity index (χ1n) is 9.66. The lowest BCUT2D eigenvalue weighted by molar-refractivity contribution is -0.127. The van der Waals surface area contributed by atoms with E-state index in [0.717, 1.165) is 32.0 Å². The third kappa shape index (κ3) is 7.68. The molecule has 3 N–H and O–H groups in total. The van der Waals surface area contributed by atoms with Gasteiger partial charge in [-0.2, -0.15) is 0 Å². The van der Waals surface area contributed by atoms with Gasteiger partial charge in [-0.3, -0.25) is 14.6 Å². The second kappa shape index (κ2) is 11.2. The predicted octanol–water partition coefficient (Wildman–Crippen LogP) is 0.769. The van der Waals surface area contributed by atoms with Crippen molar-refractivity contribution in [3.05, 3.63) is 35.9 Å². The third-order valence-corrected chi connectivity index (χ3v) is 4.45. The zero-order valence-electron chi connectivity index (χ0n) is 16.3. The highest BCUT2D eigenvalue weighted by atomic mass is 16.2. The maximum absolute atomic E-state index is 12.3. The number of nitrogens with zero attached hydrogens (tertiary/aromatic N) is 2. The molecule has 7 nitrogen and oxygen atoms in total. The van der Waals surface area contributed by atoms with E-state index in [1.54, 1.807) is 0 Å². The van der Waals surface area contributed by atoms with Gasteiger partial charge >= 0.3 is 0 Å². The van der Waals surface area contributed by atoms with Crippen LogP contribution in [0.15, 0.2) is 35.3 Å². The average molecular weight is 374 g/mol. The summed E-state index contributed by atoms with van der Waals surface area (Å²) in [5.74, 6) is 1.14. The van der Waals surface area contributed by atoms with Crippen LogP contribution < -0.4 is 16.0 Å². The van der Waals surface area contributed by atoms with E-state index in [2.05, 4.69) is 33.1 Å². The lowest BCUT2D eigenvalue weighted by atomic mass is 10.1. The van der Waals surface area contributed by atoms with Gasteiger partial charge in [0.2, 0.25) is 11.8 Å². The standard InChI is InChI=1S/C20H31N5O2/c1-3-21-20(23-11-10-22-16(2)26)24-14-18-13-19(27)25(15-18)12-9-17-7-5-4-6-8-17/h4-8,18H,3,9-15H2,1-2H3,(H,22,26)(H2,21,23,24). The first-order chi connectivity index (χ1) is 13.1. The molecule has 148 valence electrons. The fraction of sp³-hybridized carbons (Fsp3) is 0.550. The summed E-state index contributed by atoms with van der Waals surface area (Å²) in [6.07, 6.45) is 1.44. The van der Waals surface area contributed by atoms with Crippen molar-refractivity contribution in [2.75, 3.05) is 39.3 Å². The van der Waals surface area contributed by atoms with Crippen molar-refractivity contribution in [3.8, 4) is 0 Å². The molecule has 0 bridgehead atoms. The number of carbonyl (C=O) groups is 2. The Labute approximate surface area is 161 Å². The van der Waals surface area contributed by atoms with Crippen molar-refractivity contribution in [1.29, 1.82) is 0 Å². The van der Waals surface area contributed by atoms with Gasteiger partial charge in [-0.05, 0) is 18.9 Å². The number of nitrogens with one attached hydrogen (secondary N) is 3. The van der Waals surface area contributed by atoms with E-state index in [1.807, 2.05) is 30.0 Å². The number of hydrogen-bond donors (Lipinski definition) is 3. The Morgan fingerprint density at radius 2 is 1.93 bits per heavy atom. The van der Waals surface area contributed by atoms with Crippen LogP contribution in [-0.4, -0.2) is 61.9 Å². The van der Waals surface area contributed by atoms with Gasteiger partial charge < -0.3 is 20.9 Å². The van der Waals surface area contributed by atoms with Gasteiger partial charge in [-0.15, -0.1) is 0 Å². The molecule has 0 aromatic heterocycles. The molecule has 27 heavy (non-hydrogen) atoms. The smallest absolute Gasteiger partial charge is 0.223 e. The van der Waals surface area contributed by atoms with E-state index in [0.29, 0.717) is 26.1 Å². The van der Waals surface area contributed by atoms with Gasteiger partial charge in [-0.1, -0.05) is 30.3 Å². The minimum Gasteiger partial charge on any atom is -0.357 e. The first-order valence-corrected chi connectivity index (χ1v) is 9.66. The Morgan fingerprint density at radius 3 is 2.63 bits per heavy atom. The molecule has 1 aliphatic heterocycles. The molecule has 1 saturated heterocycles. The lowest BCUT2D eigenvalue weighted by Crippen LogP contribution is -2.41. The number of rotatable bonds is 9. The maximum atomic E-state index is 12.3. The number of hydrogen-bond acceptors (Lipinski definition) is 3. The van der Waals surface area contributed by atoms with Crippen molar-refractivity contribution in [3.63, 3.8) is 0 Å². The SMILES string of the molecule is CCNC(=NCC1CC(=O)N(CCc2ccccc2)C1)NCCNC(C)=O. The van der Waals surface area contributed by atoms with Crippen molar-refractivity contribution in [2.45, 2.75) is 26.7 Å². The number of likely N-dealkylation sites (tertiary alicyclic amines) is 1. The zero-order chi connectivity index (χ0) is 19.5. The fourth-order valence-corrected chi connectivity index (χ4v) is 3.08. The molecule has 0 spiro atoms. The molecule has 0 saturated carbocycles. The number of aliphatic imine (C=N–C) groups is 1. The maximum Gasteiger partial charge on any atom is 0.223 e. The van der Waals surface area contributed by atoms with Crippen LogP contribution >= 0.6 is 0 Å². The average Bonchev–Trinajstić information content (AvgIpc) is 3.02. The van der Waals surface area contributed by atoms with Crippen LogP contribution in [0.1, 0.15) is 25.8 Å². The normalized spacial score (nSPS) is 17.1. The van der Waals surface area contributed by atoms with Crippen molar-refractivity contribution in [1.82, 2.24) is 20.9 Å². The summed E-state index contributed by atoms with van der Waals surface area (Å²) in [6, 6.07) is 10.2. The van der Waals surface area contributed by atoms with Crippen molar-refractivity contribution >= 4 is 17.8 Å². The molecule has 1 aliphatic rings. The lowest BCUT2D eigenvalue weighted by Gasteiger charge is -2.16. The molecule has 1 heterocycles. The summed E-state index contributed by atoms with van der Waals surface area (Å²) in [7, 11) is 0. The minimum atomic E-state index is -0.0428. The summed E-state index contributed by atoms with van der Waals surface area (Å²) < 4.78 is 0. The molecular formula is C20H31N5O2. The van der Waals surface area contributed by atoms with Crippen LogP contribution in [0.2, 0.25) is 0 Å².